The van der Waals surface area contributed by atoms with E-state index in [4.69, 9.17) is 4.74 Å². The average molecular weight is 237 g/mol. The molecule has 1 aromatic carbocycles. The largest absolute Gasteiger partial charge is 0.497 e. The van der Waals surface area contributed by atoms with Gasteiger partial charge in [0.25, 0.3) is 0 Å². The second kappa shape index (κ2) is 6.37. The number of hydrogen-bond acceptors (Lipinski definition) is 3. The number of rotatable bonds is 3. The van der Waals surface area contributed by atoms with Crippen molar-refractivity contribution < 1.29 is 14.3 Å². The summed E-state index contributed by atoms with van der Waals surface area (Å²) in [5.41, 5.74) is 0.576. The van der Waals surface area contributed by atoms with Crippen molar-refractivity contribution >= 4 is 17.7 Å². The fourth-order valence-corrected chi connectivity index (χ4v) is 1.14. The molecule has 1 rings (SSSR count). The molecule has 0 aliphatic rings. The maximum Gasteiger partial charge on any atom is 0.327 e. The van der Waals surface area contributed by atoms with Crippen LogP contribution in [0.3, 0.4) is 0 Å². The van der Waals surface area contributed by atoms with Gasteiger partial charge in [-0.05, 0) is 31.2 Å². The van der Waals surface area contributed by atoms with Crippen molar-refractivity contribution in [3.05, 3.63) is 24.3 Å². The zero-order valence-corrected chi connectivity index (χ0v) is 9.74. The highest BCUT2D eigenvalue weighted by Gasteiger charge is 2.05. The third-order valence-electron chi connectivity index (χ3n) is 1.91. The monoisotopic (exact) mass is 237 g/mol. The molecule has 17 heavy (non-hydrogen) atoms. The Morgan fingerprint density at radius 1 is 1.18 bits per heavy atom. The quantitative estimate of drug-likeness (QED) is 0.746. The molecule has 0 aliphatic heterocycles. The molecule has 0 aromatic heterocycles. The van der Waals surface area contributed by atoms with E-state index in [0.717, 1.165) is 0 Å². The van der Waals surface area contributed by atoms with Gasteiger partial charge >= 0.3 is 12.1 Å². The molecule has 0 saturated carbocycles. The zero-order chi connectivity index (χ0) is 12.7. The van der Waals surface area contributed by atoms with Gasteiger partial charge in [0.2, 0.25) is 0 Å². The van der Waals surface area contributed by atoms with Crippen LogP contribution in [0.1, 0.15) is 6.92 Å². The number of imide groups is 1. The number of benzene rings is 1. The second-order valence-corrected chi connectivity index (χ2v) is 3.17. The predicted molar refractivity (Wildman–Crippen MR) is 64.2 cm³/mol. The summed E-state index contributed by atoms with van der Waals surface area (Å²) in [6, 6.07) is 5.66. The van der Waals surface area contributed by atoms with Crippen molar-refractivity contribution in [1.29, 1.82) is 0 Å². The fraction of sp³-hybridized carbons (Fsp3) is 0.273. The number of nitrogens with one attached hydrogen (secondary N) is 3. The van der Waals surface area contributed by atoms with Crippen LogP contribution in [0, 0.1) is 0 Å². The lowest BCUT2D eigenvalue weighted by Crippen LogP contribution is -2.41. The SMILES string of the molecule is CCNC(=O)NC(=O)Nc1ccc(OC)cc1. The van der Waals surface area contributed by atoms with Crippen LogP contribution in [0.4, 0.5) is 15.3 Å². The fourth-order valence-electron chi connectivity index (χ4n) is 1.14. The maximum atomic E-state index is 11.3. The Bertz CT molecular complexity index is 389. The lowest BCUT2D eigenvalue weighted by molar-refractivity contribution is 0.233. The average Bonchev–Trinajstić information content (AvgIpc) is 2.30. The summed E-state index contributed by atoms with van der Waals surface area (Å²) >= 11 is 0. The van der Waals surface area contributed by atoms with Gasteiger partial charge in [-0.25, -0.2) is 9.59 Å². The van der Waals surface area contributed by atoms with E-state index < -0.39 is 12.1 Å². The van der Waals surface area contributed by atoms with Crippen molar-refractivity contribution in [2.24, 2.45) is 0 Å². The minimum Gasteiger partial charge on any atom is -0.497 e. The minimum atomic E-state index is -0.582. The molecule has 0 unspecified atom stereocenters. The van der Waals surface area contributed by atoms with Crippen LogP contribution in [-0.4, -0.2) is 25.7 Å². The topological polar surface area (TPSA) is 79.5 Å². The maximum absolute atomic E-state index is 11.3. The summed E-state index contributed by atoms with van der Waals surface area (Å²) in [4.78, 5) is 22.4. The molecule has 0 bridgehead atoms. The van der Waals surface area contributed by atoms with Crippen molar-refractivity contribution in [2.75, 3.05) is 19.0 Å². The first-order valence-corrected chi connectivity index (χ1v) is 5.15. The molecule has 0 spiro atoms. The van der Waals surface area contributed by atoms with Crippen LogP contribution in [0.15, 0.2) is 24.3 Å². The van der Waals surface area contributed by atoms with Gasteiger partial charge in [-0.1, -0.05) is 0 Å². The highest BCUT2D eigenvalue weighted by Crippen LogP contribution is 2.14. The van der Waals surface area contributed by atoms with Gasteiger partial charge in [0.15, 0.2) is 0 Å². The third-order valence-corrected chi connectivity index (χ3v) is 1.91. The Kier molecular flexibility index (Phi) is 4.80. The molecule has 0 radical (unpaired) electrons. The first-order chi connectivity index (χ1) is 8.15. The second-order valence-electron chi connectivity index (χ2n) is 3.17. The summed E-state index contributed by atoms with van der Waals surface area (Å²) in [6.07, 6.45) is 0. The standard InChI is InChI=1S/C11H15N3O3/c1-3-12-10(15)14-11(16)13-8-4-6-9(17-2)7-5-8/h4-7H,3H2,1-2H3,(H3,12,13,14,15,16). The number of methoxy groups -OCH3 is 1. The molecule has 6 heteroatoms. The van der Waals surface area contributed by atoms with E-state index in [0.29, 0.717) is 18.0 Å². The molecule has 92 valence electrons. The summed E-state index contributed by atoms with van der Waals surface area (Å²) in [7, 11) is 1.56. The first-order valence-electron chi connectivity index (χ1n) is 5.15. The third kappa shape index (κ3) is 4.42. The van der Waals surface area contributed by atoms with Gasteiger partial charge in [-0.3, -0.25) is 5.32 Å². The highest BCUT2D eigenvalue weighted by atomic mass is 16.5. The lowest BCUT2D eigenvalue weighted by Gasteiger charge is -2.07. The van der Waals surface area contributed by atoms with Crippen LogP contribution in [0.5, 0.6) is 5.75 Å². The molecule has 0 aliphatic carbocycles. The Hall–Kier alpha value is -2.24. The Labute approximate surface area is 99.3 Å². The van der Waals surface area contributed by atoms with Crippen LogP contribution in [0.25, 0.3) is 0 Å². The molecule has 1 aromatic rings. The summed E-state index contributed by atoms with van der Waals surface area (Å²) in [5, 5.41) is 7.09. The summed E-state index contributed by atoms with van der Waals surface area (Å²) in [6.45, 7) is 2.22. The molecule has 0 heterocycles. The number of anilines is 1. The van der Waals surface area contributed by atoms with Crippen LogP contribution < -0.4 is 20.7 Å². The van der Waals surface area contributed by atoms with Gasteiger partial charge in [0.05, 0.1) is 7.11 Å². The number of hydrogen-bond donors (Lipinski definition) is 3. The van der Waals surface area contributed by atoms with Crippen molar-refractivity contribution in [3.63, 3.8) is 0 Å². The number of urea groups is 2. The van der Waals surface area contributed by atoms with E-state index in [1.165, 1.54) is 0 Å². The summed E-state index contributed by atoms with van der Waals surface area (Å²) < 4.78 is 4.98. The van der Waals surface area contributed by atoms with E-state index in [9.17, 15) is 9.59 Å². The van der Waals surface area contributed by atoms with E-state index >= 15 is 0 Å². The number of amides is 4. The van der Waals surface area contributed by atoms with Gasteiger partial charge < -0.3 is 15.4 Å². The smallest absolute Gasteiger partial charge is 0.327 e. The van der Waals surface area contributed by atoms with Crippen molar-refractivity contribution in [1.82, 2.24) is 10.6 Å². The van der Waals surface area contributed by atoms with Crippen LogP contribution in [-0.2, 0) is 0 Å². The Balaban J connectivity index is 2.47. The van der Waals surface area contributed by atoms with Crippen molar-refractivity contribution in [3.8, 4) is 5.75 Å². The van der Waals surface area contributed by atoms with Gasteiger partial charge in [-0.15, -0.1) is 0 Å². The molecule has 4 amide bonds. The Morgan fingerprint density at radius 3 is 2.35 bits per heavy atom. The molecule has 0 saturated heterocycles. The van der Waals surface area contributed by atoms with Gasteiger partial charge in [0, 0.05) is 12.2 Å². The predicted octanol–water partition coefficient (Wildman–Crippen LogP) is 1.55. The number of ether oxygens (including phenoxy) is 1. The summed E-state index contributed by atoms with van der Waals surface area (Å²) in [5.74, 6) is 0.694. The van der Waals surface area contributed by atoms with E-state index in [1.807, 2.05) is 0 Å². The number of carbonyl (C=O) groups is 2. The molecular weight excluding hydrogens is 222 g/mol. The van der Waals surface area contributed by atoms with Crippen LogP contribution >= 0.6 is 0 Å². The minimum absolute atomic E-state index is 0.460. The highest BCUT2D eigenvalue weighted by molar-refractivity contribution is 6.00. The van der Waals surface area contributed by atoms with Crippen molar-refractivity contribution in [2.45, 2.75) is 6.92 Å². The van der Waals surface area contributed by atoms with Gasteiger partial charge in [-0.2, -0.15) is 0 Å². The first kappa shape index (κ1) is 12.8. The van der Waals surface area contributed by atoms with E-state index in [-0.39, 0.29) is 0 Å². The molecule has 3 N–H and O–H groups in total. The normalized spacial score (nSPS) is 9.29. The molecule has 0 atom stereocenters. The lowest BCUT2D eigenvalue weighted by atomic mass is 10.3. The molecular formula is C11H15N3O3. The zero-order valence-electron chi connectivity index (χ0n) is 9.74. The van der Waals surface area contributed by atoms with Crippen LogP contribution in [0.2, 0.25) is 0 Å². The van der Waals surface area contributed by atoms with E-state index in [2.05, 4.69) is 16.0 Å². The van der Waals surface area contributed by atoms with Gasteiger partial charge in [0.1, 0.15) is 5.75 Å². The molecule has 0 fully saturated rings. The van der Waals surface area contributed by atoms with E-state index in [1.54, 1.807) is 38.3 Å². The number of carbonyl (C=O) groups excluding carboxylic acids is 2. The molecule has 6 nitrogen and oxygen atoms in total. The Morgan fingerprint density at radius 2 is 1.82 bits per heavy atom.